The number of nitrogens with zero attached hydrogens (tertiary/aromatic N) is 1. The van der Waals surface area contributed by atoms with Crippen LogP contribution in [0.2, 0.25) is 0 Å². The standard InChI is InChI=1S/C40H38FNO4/c1-27-21-32(37-24-36(45-2)19-20-38(37)41)12-11-31(27)22-28-9-17-34(18-10-28)42-26-40(46-3,25-35(42)23-39(43)44)33-15-13-30(14-16-33)29-7-5-4-6-8-29/h4-21,24,35H,22-23,25-26H2,1-3H3,(H,43,44)/t35-,40-/m0/s1. The lowest BCUT2D eigenvalue weighted by molar-refractivity contribution is -0.137. The van der Waals surface area contributed by atoms with E-state index < -0.39 is 11.6 Å². The summed E-state index contributed by atoms with van der Waals surface area (Å²) in [5.41, 5.74) is 8.34. The van der Waals surface area contributed by atoms with E-state index in [1.807, 2.05) is 37.3 Å². The van der Waals surface area contributed by atoms with Crippen LogP contribution in [0.25, 0.3) is 22.3 Å². The second-order valence-electron chi connectivity index (χ2n) is 12.1. The fraction of sp³-hybridized carbons (Fsp3) is 0.225. The van der Waals surface area contributed by atoms with Crippen molar-refractivity contribution in [3.05, 3.63) is 143 Å². The van der Waals surface area contributed by atoms with Crippen molar-refractivity contribution in [2.24, 2.45) is 0 Å². The third-order valence-electron chi connectivity index (χ3n) is 9.24. The number of aryl methyl sites for hydroxylation is 1. The van der Waals surface area contributed by atoms with Crippen molar-refractivity contribution in [3.8, 4) is 28.0 Å². The largest absolute Gasteiger partial charge is 0.497 e. The van der Waals surface area contributed by atoms with Gasteiger partial charge in [0.05, 0.1) is 20.1 Å². The Balaban J connectivity index is 1.21. The van der Waals surface area contributed by atoms with Crippen LogP contribution < -0.4 is 9.64 Å². The second-order valence-corrected chi connectivity index (χ2v) is 12.1. The quantitative estimate of drug-likeness (QED) is 0.170. The molecule has 0 saturated carbocycles. The molecule has 1 saturated heterocycles. The topological polar surface area (TPSA) is 59.0 Å². The van der Waals surface area contributed by atoms with Crippen molar-refractivity contribution < 1.29 is 23.8 Å². The summed E-state index contributed by atoms with van der Waals surface area (Å²) in [6, 6.07) is 37.6. The Kier molecular flexibility index (Phi) is 8.91. The Morgan fingerprint density at radius 1 is 0.870 bits per heavy atom. The van der Waals surface area contributed by atoms with Crippen LogP contribution in [0.1, 0.15) is 35.1 Å². The summed E-state index contributed by atoms with van der Waals surface area (Å²) in [5, 5.41) is 9.79. The molecule has 1 N–H and O–H groups in total. The zero-order valence-electron chi connectivity index (χ0n) is 26.4. The molecule has 0 unspecified atom stereocenters. The van der Waals surface area contributed by atoms with Gasteiger partial charge in [0.2, 0.25) is 0 Å². The van der Waals surface area contributed by atoms with Gasteiger partial charge in [-0.25, -0.2) is 4.39 Å². The molecule has 0 radical (unpaired) electrons. The van der Waals surface area contributed by atoms with Gasteiger partial charge in [-0.05, 0) is 82.6 Å². The molecular formula is C40H38FNO4. The van der Waals surface area contributed by atoms with E-state index in [-0.39, 0.29) is 18.3 Å². The van der Waals surface area contributed by atoms with Crippen molar-refractivity contribution in [3.63, 3.8) is 0 Å². The van der Waals surface area contributed by atoms with Crippen LogP contribution in [0.15, 0.2) is 115 Å². The molecule has 0 bridgehead atoms. The zero-order valence-corrected chi connectivity index (χ0v) is 26.4. The predicted molar refractivity (Wildman–Crippen MR) is 181 cm³/mol. The number of carboxylic acid groups (broad SMARTS) is 1. The summed E-state index contributed by atoms with van der Waals surface area (Å²) in [6.07, 6.45) is 1.32. The van der Waals surface area contributed by atoms with Crippen LogP contribution in [0.3, 0.4) is 0 Å². The molecule has 1 heterocycles. The lowest BCUT2D eigenvalue weighted by atomic mass is 9.89. The van der Waals surface area contributed by atoms with Crippen LogP contribution in [-0.4, -0.2) is 37.9 Å². The van der Waals surface area contributed by atoms with Crippen molar-refractivity contribution in [1.29, 1.82) is 0 Å². The number of benzene rings is 5. The molecule has 5 aromatic rings. The van der Waals surface area contributed by atoms with Crippen LogP contribution in [0, 0.1) is 12.7 Å². The highest BCUT2D eigenvalue weighted by Crippen LogP contribution is 2.43. The number of carbonyl (C=O) groups is 1. The van der Waals surface area contributed by atoms with E-state index in [0.717, 1.165) is 51.1 Å². The molecule has 6 rings (SSSR count). The highest BCUT2D eigenvalue weighted by atomic mass is 19.1. The van der Waals surface area contributed by atoms with E-state index in [2.05, 4.69) is 71.6 Å². The Labute approximate surface area is 269 Å². The van der Waals surface area contributed by atoms with Gasteiger partial charge in [0.1, 0.15) is 17.2 Å². The molecule has 5 aromatic carbocycles. The average molecular weight is 616 g/mol. The minimum Gasteiger partial charge on any atom is -0.497 e. The van der Waals surface area contributed by atoms with Crippen LogP contribution in [-0.2, 0) is 21.6 Å². The van der Waals surface area contributed by atoms with Crippen molar-refractivity contribution >= 4 is 11.7 Å². The third-order valence-corrected chi connectivity index (χ3v) is 9.24. The average Bonchev–Trinajstić information content (AvgIpc) is 3.45. The Bertz CT molecular complexity index is 1820. The molecule has 0 aliphatic carbocycles. The van der Waals surface area contributed by atoms with Crippen LogP contribution >= 0.6 is 0 Å². The molecular weight excluding hydrogens is 577 g/mol. The second kappa shape index (κ2) is 13.2. The van der Waals surface area contributed by atoms with E-state index in [1.165, 1.54) is 6.07 Å². The summed E-state index contributed by atoms with van der Waals surface area (Å²) in [7, 11) is 3.29. The van der Waals surface area contributed by atoms with Gasteiger partial charge >= 0.3 is 5.97 Å². The fourth-order valence-corrected chi connectivity index (χ4v) is 6.66. The van der Waals surface area contributed by atoms with Gasteiger partial charge in [-0.2, -0.15) is 0 Å². The monoisotopic (exact) mass is 615 g/mol. The number of anilines is 1. The Morgan fingerprint density at radius 2 is 1.57 bits per heavy atom. The minimum atomic E-state index is -0.828. The smallest absolute Gasteiger partial charge is 0.305 e. The first-order valence-corrected chi connectivity index (χ1v) is 15.5. The number of ether oxygens (including phenoxy) is 2. The molecule has 46 heavy (non-hydrogen) atoms. The summed E-state index contributed by atoms with van der Waals surface area (Å²) in [5.74, 6) is -0.496. The van der Waals surface area contributed by atoms with E-state index in [9.17, 15) is 14.3 Å². The van der Waals surface area contributed by atoms with E-state index >= 15 is 0 Å². The van der Waals surface area contributed by atoms with E-state index in [0.29, 0.717) is 24.3 Å². The van der Waals surface area contributed by atoms with Gasteiger partial charge in [-0.1, -0.05) is 84.9 Å². The normalized spacial score (nSPS) is 17.7. The van der Waals surface area contributed by atoms with Gasteiger partial charge < -0.3 is 19.5 Å². The highest BCUT2D eigenvalue weighted by molar-refractivity contribution is 5.70. The van der Waals surface area contributed by atoms with Gasteiger partial charge in [-0.15, -0.1) is 0 Å². The molecule has 234 valence electrons. The summed E-state index contributed by atoms with van der Waals surface area (Å²) in [4.78, 5) is 14.1. The minimum absolute atomic E-state index is 0.0222. The molecule has 6 heteroatoms. The molecule has 1 fully saturated rings. The van der Waals surface area contributed by atoms with Gasteiger partial charge in [0.15, 0.2) is 0 Å². The molecule has 0 amide bonds. The molecule has 0 spiro atoms. The lowest BCUT2D eigenvalue weighted by Gasteiger charge is -2.29. The first-order chi connectivity index (χ1) is 22.3. The van der Waals surface area contributed by atoms with E-state index in [1.54, 1.807) is 26.4 Å². The number of hydrogen-bond acceptors (Lipinski definition) is 4. The maximum absolute atomic E-state index is 14.6. The van der Waals surface area contributed by atoms with Crippen molar-refractivity contribution in [2.45, 2.75) is 37.8 Å². The molecule has 2 atom stereocenters. The number of halogens is 1. The van der Waals surface area contributed by atoms with Crippen LogP contribution in [0.4, 0.5) is 10.1 Å². The number of rotatable bonds is 10. The predicted octanol–water partition coefficient (Wildman–Crippen LogP) is 8.66. The summed E-state index contributed by atoms with van der Waals surface area (Å²) < 4.78 is 26.1. The zero-order chi connectivity index (χ0) is 32.3. The number of carboxylic acids is 1. The molecule has 0 aromatic heterocycles. The van der Waals surface area contributed by atoms with Crippen molar-refractivity contribution in [2.75, 3.05) is 25.7 Å². The first-order valence-electron chi connectivity index (χ1n) is 15.5. The summed E-state index contributed by atoms with van der Waals surface area (Å²) in [6.45, 7) is 2.59. The molecule has 5 nitrogen and oxygen atoms in total. The first kappa shape index (κ1) is 31.1. The molecule has 1 aliphatic heterocycles. The van der Waals surface area contributed by atoms with Gasteiger partial charge in [0, 0.05) is 30.8 Å². The molecule has 1 aliphatic rings. The lowest BCUT2D eigenvalue weighted by Crippen LogP contribution is -2.34. The maximum Gasteiger partial charge on any atom is 0.305 e. The fourth-order valence-electron chi connectivity index (χ4n) is 6.66. The van der Waals surface area contributed by atoms with Crippen molar-refractivity contribution in [1.82, 2.24) is 0 Å². The van der Waals surface area contributed by atoms with Crippen LogP contribution in [0.5, 0.6) is 5.75 Å². The summed E-state index contributed by atoms with van der Waals surface area (Å²) >= 11 is 0. The van der Waals surface area contributed by atoms with Gasteiger partial charge in [-0.3, -0.25) is 4.79 Å². The Morgan fingerprint density at radius 3 is 2.22 bits per heavy atom. The van der Waals surface area contributed by atoms with Gasteiger partial charge in [0.25, 0.3) is 0 Å². The third kappa shape index (κ3) is 6.40. The SMILES string of the molecule is COc1ccc(F)c(-c2ccc(Cc3ccc(N4C[C@](OC)(c5ccc(-c6ccccc6)cc5)C[C@@H]4CC(=O)O)cc3)c(C)c2)c1. The number of methoxy groups -OCH3 is 2. The maximum atomic E-state index is 14.6. The number of aliphatic carboxylic acids is 1. The number of hydrogen-bond donors (Lipinski definition) is 1. The van der Waals surface area contributed by atoms with E-state index in [4.69, 9.17) is 9.47 Å². The highest BCUT2D eigenvalue weighted by Gasteiger charge is 2.46. The Hall–Kier alpha value is -4.94.